The van der Waals surface area contributed by atoms with E-state index >= 15 is 0 Å². The Labute approximate surface area is 195 Å². The molecule has 2 aliphatic carbocycles. The lowest BCUT2D eigenvalue weighted by atomic mass is 9.68. The minimum atomic E-state index is -0.342. The number of aromatic nitrogens is 2. The third kappa shape index (κ3) is 3.69. The highest BCUT2D eigenvalue weighted by Gasteiger charge is 2.39. The number of aromatic amines is 1. The van der Waals surface area contributed by atoms with Crippen molar-refractivity contribution in [3.8, 4) is 0 Å². The Balaban J connectivity index is 1.66. The highest BCUT2D eigenvalue weighted by atomic mass is 16.4. The fourth-order valence-corrected chi connectivity index (χ4v) is 4.83. The number of H-pyrrole nitrogens is 1. The van der Waals surface area contributed by atoms with Crippen LogP contribution in [0.4, 0.5) is 11.4 Å². The molecular formula is C27H31N5O. The van der Waals surface area contributed by atoms with Crippen LogP contribution in [0.25, 0.3) is 6.08 Å². The van der Waals surface area contributed by atoms with Gasteiger partial charge in [0.25, 0.3) is 0 Å². The summed E-state index contributed by atoms with van der Waals surface area (Å²) in [5.74, 6) is 0.316. The van der Waals surface area contributed by atoms with Crippen molar-refractivity contribution in [2.75, 3.05) is 38.0 Å². The Morgan fingerprint density at radius 2 is 1.61 bits per heavy atom. The van der Waals surface area contributed by atoms with E-state index in [2.05, 4.69) is 114 Å². The SMILES string of the molecule is CN(C)c1cccc(C2(c3cccc(N(C)C)c3)C=Cc3c(/C(=N/O)C4CC4)n[nH]c3C2)c1. The lowest BCUT2D eigenvalue weighted by Gasteiger charge is -2.35. The molecule has 0 unspecified atom stereocenters. The second-order valence-electron chi connectivity index (χ2n) is 9.59. The molecule has 0 radical (unpaired) electrons. The third-order valence-corrected chi connectivity index (χ3v) is 6.94. The van der Waals surface area contributed by atoms with Gasteiger partial charge in [-0.1, -0.05) is 41.6 Å². The number of fused-ring (bicyclic) bond motifs is 1. The Morgan fingerprint density at radius 1 is 1.00 bits per heavy atom. The molecule has 33 heavy (non-hydrogen) atoms. The van der Waals surface area contributed by atoms with E-state index in [0.717, 1.165) is 36.2 Å². The Morgan fingerprint density at radius 3 is 2.12 bits per heavy atom. The van der Waals surface area contributed by atoms with E-state index in [0.29, 0.717) is 11.6 Å². The highest BCUT2D eigenvalue weighted by Crippen LogP contribution is 2.44. The minimum absolute atomic E-state index is 0.316. The van der Waals surface area contributed by atoms with E-state index in [1.54, 1.807) is 0 Å². The molecule has 0 atom stereocenters. The zero-order valence-corrected chi connectivity index (χ0v) is 19.7. The number of oxime groups is 1. The molecule has 1 aromatic heterocycles. The summed E-state index contributed by atoms with van der Waals surface area (Å²) in [6.07, 6.45) is 7.34. The average Bonchev–Trinajstić information content (AvgIpc) is 3.59. The van der Waals surface area contributed by atoms with Crippen molar-refractivity contribution in [2.45, 2.75) is 24.7 Å². The van der Waals surface area contributed by atoms with Crippen LogP contribution in [0.15, 0.2) is 59.8 Å². The van der Waals surface area contributed by atoms with Gasteiger partial charge in [-0.2, -0.15) is 5.10 Å². The van der Waals surface area contributed by atoms with E-state index in [1.165, 1.54) is 22.5 Å². The summed E-state index contributed by atoms with van der Waals surface area (Å²) in [6, 6.07) is 17.5. The molecule has 5 rings (SSSR count). The summed E-state index contributed by atoms with van der Waals surface area (Å²) < 4.78 is 0. The average molecular weight is 442 g/mol. The number of nitrogens with one attached hydrogen (secondary N) is 1. The number of nitrogens with zero attached hydrogens (tertiary/aromatic N) is 4. The van der Waals surface area contributed by atoms with Crippen molar-refractivity contribution < 1.29 is 5.21 Å². The van der Waals surface area contributed by atoms with Gasteiger partial charge in [0.05, 0.1) is 0 Å². The van der Waals surface area contributed by atoms with Crippen LogP contribution in [0.1, 0.15) is 40.9 Å². The van der Waals surface area contributed by atoms with Crippen LogP contribution in [-0.2, 0) is 11.8 Å². The summed E-state index contributed by atoms with van der Waals surface area (Å²) in [4.78, 5) is 4.28. The van der Waals surface area contributed by atoms with Crippen molar-refractivity contribution in [1.29, 1.82) is 0 Å². The van der Waals surface area contributed by atoms with Crippen LogP contribution in [-0.4, -0.2) is 49.3 Å². The molecule has 0 aliphatic heterocycles. The molecule has 6 nitrogen and oxygen atoms in total. The van der Waals surface area contributed by atoms with E-state index in [9.17, 15) is 5.21 Å². The zero-order valence-electron chi connectivity index (χ0n) is 19.7. The standard InChI is InChI=1S/C27H31N5O/c1-31(2)21-9-5-7-19(15-21)27(20-8-6-10-22(16-20)32(3)4)14-13-23-24(17-27)28-29-26(23)25(30-33)18-11-12-18/h5-10,13-16,18,33H,11-12,17H2,1-4H3,(H,28,29)/b30-25+. The second kappa shape index (κ2) is 8.10. The van der Waals surface area contributed by atoms with Crippen molar-refractivity contribution in [2.24, 2.45) is 11.1 Å². The summed E-state index contributed by atoms with van der Waals surface area (Å²) in [7, 11) is 8.29. The highest BCUT2D eigenvalue weighted by molar-refractivity contribution is 6.04. The lowest BCUT2D eigenvalue weighted by molar-refractivity contribution is 0.317. The largest absolute Gasteiger partial charge is 0.411 e. The van der Waals surface area contributed by atoms with E-state index in [4.69, 9.17) is 0 Å². The maximum atomic E-state index is 9.63. The molecule has 2 N–H and O–H groups in total. The lowest BCUT2D eigenvalue weighted by Crippen LogP contribution is -2.31. The zero-order chi connectivity index (χ0) is 23.2. The molecule has 0 spiro atoms. The molecule has 2 aliphatic rings. The molecule has 0 saturated heterocycles. The molecule has 2 aromatic carbocycles. The van der Waals surface area contributed by atoms with E-state index in [-0.39, 0.29) is 5.41 Å². The predicted octanol–water partition coefficient (Wildman–Crippen LogP) is 4.69. The summed E-state index contributed by atoms with van der Waals surface area (Å²) in [5, 5.41) is 21.1. The summed E-state index contributed by atoms with van der Waals surface area (Å²) in [5.41, 5.74) is 8.06. The second-order valence-corrected chi connectivity index (χ2v) is 9.59. The maximum absolute atomic E-state index is 9.63. The predicted molar refractivity (Wildman–Crippen MR) is 135 cm³/mol. The molecule has 1 saturated carbocycles. The molecule has 3 aromatic rings. The van der Waals surface area contributed by atoms with Gasteiger partial charge in [-0.25, -0.2) is 0 Å². The fourth-order valence-electron chi connectivity index (χ4n) is 4.83. The number of hydrogen-bond donors (Lipinski definition) is 2. The number of hydrogen-bond acceptors (Lipinski definition) is 5. The van der Waals surface area contributed by atoms with Crippen LogP contribution in [0.2, 0.25) is 0 Å². The van der Waals surface area contributed by atoms with Gasteiger partial charge in [-0.15, -0.1) is 0 Å². The van der Waals surface area contributed by atoms with Gasteiger partial charge in [0, 0.05) is 68.6 Å². The number of benzene rings is 2. The first-order valence-corrected chi connectivity index (χ1v) is 11.5. The van der Waals surface area contributed by atoms with Crippen LogP contribution in [0.5, 0.6) is 0 Å². The number of anilines is 2. The normalized spacial score (nSPS) is 17.0. The van der Waals surface area contributed by atoms with Crippen molar-refractivity contribution >= 4 is 23.2 Å². The van der Waals surface area contributed by atoms with Gasteiger partial charge in [0.15, 0.2) is 0 Å². The maximum Gasteiger partial charge on any atom is 0.117 e. The molecule has 1 heterocycles. The van der Waals surface area contributed by atoms with Gasteiger partial charge < -0.3 is 15.0 Å². The van der Waals surface area contributed by atoms with Crippen LogP contribution in [0.3, 0.4) is 0 Å². The van der Waals surface area contributed by atoms with E-state index in [1.807, 2.05) is 0 Å². The first-order valence-electron chi connectivity index (χ1n) is 11.5. The van der Waals surface area contributed by atoms with Crippen LogP contribution in [0, 0.1) is 5.92 Å². The Kier molecular flexibility index (Phi) is 5.23. The van der Waals surface area contributed by atoms with Crippen LogP contribution < -0.4 is 9.80 Å². The molecule has 0 amide bonds. The molecule has 170 valence electrons. The van der Waals surface area contributed by atoms with Gasteiger partial charge >= 0.3 is 0 Å². The monoisotopic (exact) mass is 441 g/mol. The van der Waals surface area contributed by atoms with Crippen molar-refractivity contribution in [3.05, 3.63) is 82.7 Å². The topological polar surface area (TPSA) is 67.8 Å². The van der Waals surface area contributed by atoms with Gasteiger partial charge in [0.2, 0.25) is 0 Å². The quantitative estimate of drug-likeness (QED) is 0.331. The molecule has 6 heteroatoms. The van der Waals surface area contributed by atoms with E-state index < -0.39 is 0 Å². The summed E-state index contributed by atoms with van der Waals surface area (Å²) >= 11 is 0. The Bertz CT molecular complexity index is 1180. The third-order valence-electron chi connectivity index (χ3n) is 6.94. The smallest absolute Gasteiger partial charge is 0.117 e. The molecular weight excluding hydrogens is 410 g/mol. The summed E-state index contributed by atoms with van der Waals surface area (Å²) in [6.45, 7) is 0. The number of allylic oxidation sites excluding steroid dienone is 1. The van der Waals surface area contributed by atoms with Crippen molar-refractivity contribution in [1.82, 2.24) is 10.2 Å². The van der Waals surface area contributed by atoms with Crippen molar-refractivity contribution in [3.63, 3.8) is 0 Å². The fraction of sp³-hybridized carbons (Fsp3) is 0.333. The van der Waals surface area contributed by atoms with Gasteiger partial charge in [-0.3, -0.25) is 5.10 Å². The number of rotatable bonds is 6. The van der Waals surface area contributed by atoms with Gasteiger partial charge in [0.1, 0.15) is 11.4 Å². The minimum Gasteiger partial charge on any atom is -0.411 e. The first kappa shape index (κ1) is 21.3. The molecule has 1 fully saturated rings. The molecule has 0 bridgehead atoms. The van der Waals surface area contributed by atoms with Crippen LogP contribution >= 0.6 is 0 Å². The first-order chi connectivity index (χ1) is 15.9. The Hall–Kier alpha value is -3.54. The van der Waals surface area contributed by atoms with Gasteiger partial charge in [-0.05, 0) is 48.2 Å².